The van der Waals surface area contributed by atoms with Crippen LogP contribution in [-0.2, 0) is 11.8 Å². The highest BCUT2D eigenvalue weighted by atomic mass is 32.1. The van der Waals surface area contributed by atoms with E-state index in [0.29, 0.717) is 0 Å². The average molecular weight is 395 g/mol. The molecule has 1 aromatic heterocycles. The van der Waals surface area contributed by atoms with Crippen LogP contribution < -0.4 is 0 Å². The molecule has 0 N–H and O–H groups in total. The number of aryl methyl sites for hydroxylation is 2. The third kappa shape index (κ3) is 2.96. The van der Waals surface area contributed by atoms with Gasteiger partial charge in [-0.2, -0.15) is 0 Å². The summed E-state index contributed by atoms with van der Waals surface area (Å²) in [5, 5.41) is 0. The Labute approximate surface area is 177 Å². The molecule has 0 fully saturated rings. The Hall–Kier alpha value is -2.64. The van der Waals surface area contributed by atoms with Gasteiger partial charge in [-0.25, -0.2) is 0 Å². The first-order valence-electron chi connectivity index (χ1n) is 10.4. The van der Waals surface area contributed by atoms with Crippen LogP contribution in [0, 0.1) is 6.92 Å². The molecule has 5 rings (SSSR count). The van der Waals surface area contributed by atoms with Crippen LogP contribution in [0.25, 0.3) is 32.0 Å². The minimum atomic E-state index is 0.0445. The first-order chi connectivity index (χ1) is 14.0. The fourth-order valence-electron chi connectivity index (χ4n) is 4.52. The lowest BCUT2D eigenvalue weighted by Crippen LogP contribution is -2.15. The Bertz CT molecular complexity index is 1210. The van der Waals surface area contributed by atoms with Crippen molar-refractivity contribution in [1.29, 1.82) is 0 Å². The summed E-state index contributed by atoms with van der Waals surface area (Å²) in [7, 11) is 0. The summed E-state index contributed by atoms with van der Waals surface area (Å²) < 4.78 is 0. The molecule has 0 unspecified atom stereocenters. The molecule has 144 valence electrons. The van der Waals surface area contributed by atoms with Crippen molar-refractivity contribution >= 4 is 11.3 Å². The van der Waals surface area contributed by atoms with Gasteiger partial charge in [0, 0.05) is 15.2 Å². The second-order valence-electron chi connectivity index (χ2n) is 8.65. The summed E-state index contributed by atoms with van der Waals surface area (Å²) in [6, 6.07) is 27.4. The minimum Gasteiger partial charge on any atom is -0.135 e. The van der Waals surface area contributed by atoms with Crippen LogP contribution in [-0.4, -0.2) is 0 Å². The Morgan fingerprint density at radius 2 is 1.28 bits per heavy atom. The molecule has 0 nitrogen and oxygen atoms in total. The molecule has 29 heavy (non-hydrogen) atoms. The van der Waals surface area contributed by atoms with E-state index in [-0.39, 0.29) is 5.41 Å². The van der Waals surface area contributed by atoms with Crippen LogP contribution >= 0.6 is 11.3 Å². The van der Waals surface area contributed by atoms with Gasteiger partial charge in [-0.15, -0.1) is 11.3 Å². The van der Waals surface area contributed by atoms with Gasteiger partial charge in [-0.1, -0.05) is 80.9 Å². The summed E-state index contributed by atoms with van der Waals surface area (Å²) >= 11 is 1.88. The number of hydrogen-bond acceptors (Lipinski definition) is 1. The maximum Gasteiger partial charge on any atom is 0.0349 e. The van der Waals surface area contributed by atoms with Crippen molar-refractivity contribution in [2.45, 2.75) is 39.5 Å². The Balaban J connectivity index is 1.56. The lowest BCUT2D eigenvalue weighted by molar-refractivity contribution is 0.659. The first kappa shape index (κ1) is 18.4. The van der Waals surface area contributed by atoms with Crippen molar-refractivity contribution in [2.75, 3.05) is 0 Å². The first-order valence-corrected chi connectivity index (χ1v) is 11.2. The zero-order valence-electron chi connectivity index (χ0n) is 17.5. The van der Waals surface area contributed by atoms with Crippen LogP contribution in [0.3, 0.4) is 0 Å². The molecule has 3 aromatic carbocycles. The summed E-state index contributed by atoms with van der Waals surface area (Å²) in [4.78, 5) is 2.67. The van der Waals surface area contributed by atoms with Gasteiger partial charge in [-0.05, 0) is 70.5 Å². The lowest BCUT2D eigenvalue weighted by atomic mass is 9.81. The lowest BCUT2D eigenvalue weighted by Gasteiger charge is -2.22. The fraction of sp³-hybridized carbons (Fsp3) is 0.214. The highest BCUT2D eigenvalue weighted by molar-refractivity contribution is 7.18. The van der Waals surface area contributed by atoms with Crippen molar-refractivity contribution in [3.05, 3.63) is 95.1 Å². The van der Waals surface area contributed by atoms with Crippen molar-refractivity contribution in [2.24, 2.45) is 0 Å². The summed E-state index contributed by atoms with van der Waals surface area (Å²) in [6.45, 7) is 9.11. The zero-order valence-corrected chi connectivity index (χ0v) is 18.4. The van der Waals surface area contributed by atoms with Crippen molar-refractivity contribution in [1.82, 2.24) is 0 Å². The van der Waals surface area contributed by atoms with Crippen LogP contribution in [0.5, 0.6) is 0 Å². The molecular weight excluding hydrogens is 368 g/mol. The van der Waals surface area contributed by atoms with Gasteiger partial charge in [0.05, 0.1) is 0 Å². The molecule has 0 atom stereocenters. The van der Waals surface area contributed by atoms with Gasteiger partial charge in [-0.3, -0.25) is 0 Å². The predicted octanol–water partition coefficient (Wildman–Crippen LogP) is 8.26. The molecule has 0 aliphatic heterocycles. The highest BCUT2D eigenvalue weighted by Gasteiger charge is 2.35. The van der Waals surface area contributed by atoms with Crippen LogP contribution in [0.1, 0.15) is 43.0 Å². The highest BCUT2D eigenvalue weighted by Crippen LogP contribution is 2.50. The fourth-order valence-corrected chi connectivity index (χ4v) is 5.53. The van der Waals surface area contributed by atoms with Crippen LogP contribution in [0.4, 0.5) is 0 Å². The van der Waals surface area contributed by atoms with Gasteiger partial charge < -0.3 is 0 Å². The summed E-state index contributed by atoms with van der Waals surface area (Å²) in [5.41, 5.74) is 11.1. The second kappa shape index (κ2) is 6.71. The topological polar surface area (TPSA) is 0 Å². The van der Waals surface area contributed by atoms with Gasteiger partial charge in [0.25, 0.3) is 0 Å². The molecule has 0 bridgehead atoms. The molecule has 1 heteroatoms. The van der Waals surface area contributed by atoms with Gasteiger partial charge in [0.2, 0.25) is 0 Å². The largest absolute Gasteiger partial charge is 0.135 e. The van der Waals surface area contributed by atoms with E-state index in [9.17, 15) is 0 Å². The van der Waals surface area contributed by atoms with E-state index < -0.39 is 0 Å². The average Bonchev–Trinajstić information content (AvgIpc) is 3.31. The molecule has 1 aliphatic carbocycles. The standard InChI is InChI=1S/C28H26S/c1-5-19-8-12-22-23-13-11-21(17-25(23)28(3,4)24(22)16-19)27-15-14-26(29-27)20-9-6-18(2)7-10-20/h6-17H,5H2,1-4H3. The SMILES string of the molecule is CCc1ccc2c(c1)C(C)(C)c1cc(-c3ccc(-c4ccc(C)cc4)s3)ccc1-2. The maximum absolute atomic E-state index is 2.42. The molecule has 4 aromatic rings. The van der Waals surface area contributed by atoms with Crippen LogP contribution in [0.15, 0.2) is 72.8 Å². The Morgan fingerprint density at radius 3 is 1.97 bits per heavy atom. The molecule has 1 aliphatic rings. The quantitative estimate of drug-likeness (QED) is 0.328. The molecule has 0 saturated carbocycles. The maximum atomic E-state index is 2.42. The third-order valence-corrected chi connectivity index (χ3v) is 7.56. The Morgan fingerprint density at radius 1 is 0.690 bits per heavy atom. The molecule has 0 radical (unpaired) electrons. The van der Waals surface area contributed by atoms with Gasteiger partial charge >= 0.3 is 0 Å². The van der Waals surface area contributed by atoms with Crippen molar-refractivity contribution < 1.29 is 0 Å². The van der Waals surface area contributed by atoms with Crippen molar-refractivity contribution in [3.8, 4) is 32.0 Å². The van der Waals surface area contributed by atoms with E-state index in [0.717, 1.165) is 6.42 Å². The number of thiophene rings is 1. The number of rotatable bonds is 3. The minimum absolute atomic E-state index is 0.0445. The molecule has 0 saturated heterocycles. The number of fused-ring (bicyclic) bond motifs is 3. The van der Waals surface area contributed by atoms with Gasteiger partial charge in [0.15, 0.2) is 0 Å². The van der Waals surface area contributed by atoms with E-state index in [1.54, 1.807) is 0 Å². The smallest absolute Gasteiger partial charge is 0.0349 e. The Kier molecular flexibility index (Phi) is 4.26. The second-order valence-corrected chi connectivity index (χ2v) is 9.73. The van der Waals surface area contributed by atoms with E-state index >= 15 is 0 Å². The molecule has 0 spiro atoms. The van der Waals surface area contributed by atoms with E-state index in [1.165, 1.54) is 54.3 Å². The molecular formula is C28H26S. The molecule has 1 heterocycles. The zero-order chi connectivity index (χ0) is 20.2. The normalized spacial score (nSPS) is 13.9. The molecule has 0 amide bonds. The van der Waals surface area contributed by atoms with Crippen LogP contribution in [0.2, 0.25) is 0 Å². The van der Waals surface area contributed by atoms with Crippen molar-refractivity contribution in [3.63, 3.8) is 0 Å². The number of benzene rings is 3. The van der Waals surface area contributed by atoms with Gasteiger partial charge in [0.1, 0.15) is 0 Å². The van der Waals surface area contributed by atoms with E-state index in [2.05, 4.69) is 100 Å². The monoisotopic (exact) mass is 394 g/mol. The summed E-state index contributed by atoms with van der Waals surface area (Å²) in [6.07, 6.45) is 1.09. The summed E-state index contributed by atoms with van der Waals surface area (Å²) in [5.74, 6) is 0. The predicted molar refractivity (Wildman–Crippen MR) is 127 cm³/mol. The van der Waals surface area contributed by atoms with E-state index in [1.807, 2.05) is 11.3 Å². The third-order valence-electron chi connectivity index (χ3n) is 6.38. The number of hydrogen-bond donors (Lipinski definition) is 0. The van der Waals surface area contributed by atoms with E-state index in [4.69, 9.17) is 0 Å².